The molecule has 1 rings (SSSR count). The third kappa shape index (κ3) is 18.8. The van der Waals surface area contributed by atoms with E-state index in [0.29, 0.717) is 0 Å². The molecular weight excluding hydrogens is 204 g/mol. The molecule has 3 nitrogen and oxygen atoms in total. The zero-order valence-corrected chi connectivity index (χ0v) is 10.5. The van der Waals surface area contributed by atoms with Crippen LogP contribution in [0.2, 0.25) is 0 Å². The summed E-state index contributed by atoms with van der Waals surface area (Å²) < 4.78 is 4.83. The van der Waals surface area contributed by atoms with Crippen LogP contribution in [0, 0.1) is 6.92 Å². The molecule has 2 N–H and O–H groups in total. The molecule has 0 bridgehead atoms. The zero-order valence-electron chi connectivity index (χ0n) is 10.5. The third-order valence-electron chi connectivity index (χ3n) is 1.45. The van der Waals surface area contributed by atoms with E-state index in [-0.39, 0.29) is 13.2 Å². The van der Waals surface area contributed by atoms with Gasteiger partial charge < -0.3 is 14.9 Å². The molecule has 0 aliphatic rings. The van der Waals surface area contributed by atoms with Crippen LogP contribution >= 0.6 is 0 Å². The van der Waals surface area contributed by atoms with E-state index in [0.717, 1.165) is 13.2 Å². The molecular formula is C13H24O3. The zero-order chi connectivity index (χ0) is 12.6. The summed E-state index contributed by atoms with van der Waals surface area (Å²) in [6.07, 6.45) is 0. The lowest BCUT2D eigenvalue weighted by atomic mass is 10.2. The van der Waals surface area contributed by atoms with Gasteiger partial charge in [0.2, 0.25) is 0 Å². The van der Waals surface area contributed by atoms with Crippen LogP contribution in [-0.2, 0) is 4.74 Å². The molecule has 0 amide bonds. The maximum atomic E-state index is 7.62. The molecule has 0 heterocycles. The second kappa shape index (κ2) is 16.5. The number of hydrogen-bond donors (Lipinski definition) is 2. The molecule has 1 aromatic rings. The Hall–Kier alpha value is -0.900. The fourth-order valence-corrected chi connectivity index (χ4v) is 0.739. The van der Waals surface area contributed by atoms with Crippen LogP contribution in [0.15, 0.2) is 30.3 Å². The molecule has 0 aliphatic carbocycles. The first kappa shape index (κ1) is 17.5. The quantitative estimate of drug-likeness (QED) is 0.832. The van der Waals surface area contributed by atoms with E-state index in [4.69, 9.17) is 14.9 Å². The topological polar surface area (TPSA) is 49.7 Å². The van der Waals surface area contributed by atoms with Gasteiger partial charge in [0.05, 0.1) is 13.2 Å². The Kier molecular flexibility index (Phi) is 18.1. The van der Waals surface area contributed by atoms with E-state index in [1.165, 1.54) is 5.56 Å². The van der Waals surface area contributed by atoms with Crippen molar-refractivity contribution in [2.45, 2.75) is 20.8 Å². The number of aliphatic hydroxyl groups excluding tert-OH is 2. The minimum atomic E-state index is -0.125. The van der Waals surface area contributed by atoms with Gasteiger partial charge in [-0.25, -0.2) is 0 Å². The van der Waals surface area contributed by atoms with Crippen molar-refractivity contribution in [3.8, 4) is 0 Å². The van der Waals surface area contributed by atoms with Crippen LogP contribution in [0.3, 0.4) is 0 Å². The predicted octanol–water partition coefficient (Wildman–Crippen LogP) is 2.01. The van der Waals surface area contributed by atoms with Crippen molar-refractivity contribution in [1.29, 1.82) is 0 Å². The molecule has 0 saturated carbocycles. The molecule has 1 aromatic carbocycles. The van der Waals surface area contributed by atoms with Crippen molar-refractivity contribution in [2.75, 3.05) is 26.4 Å². The van der Waals surface area contributed by atoms with Crippen molar-refractivity contribution < 1.29 is 14.9 Å². The number of aliphatic hydroxyl groups is 2. The monoisotopic (exact) mass is 228 g/mol. The molecule has 0 atom stereocenters. The second-order valence-electron chi connectivity index (χ2n) is 2.88. The van der Waals surface area contributed by atoms with Crippen molar-refractivity contribution in [3.05, 3.63) is 35.9 Å². The molecule has 0 radical (unpaired) electrons. The van der Waals surface area contributed by atoms with Gasteiger partial charge in [-0.3, -0.25) is 0 Å². The summed E-state index contributed by atoms with van der Waals surface area (Å²) >= 11 is 0. The first-order valence-corrected chi connectivity index (χ1v) is 5.53. The van der Waals surface area contributed by atoms with Gasteiger partial charge in [0.15, 0.2) is 0 Å². The van der Waals surface area contributed by atoms with E-state index >= 15 is 0 Å². The Morgan fingerprint density at radius 1 is 0.938 bits per heavy atom. The number of rotatable bonds is 3. The summed E-state index contributed by atoms with van der Waals surface area (Å²) in [6.45, 7) is 7.50. The summed E-state index contributed by atoms with van der Waals surface area (Å²) in [6, 6.07) is 10.3. The Morgan fingerprint density at radius 3 is 1.50 bits per heavy atom. The van der Waals surface area contributed by atoms with Crippen LogP contribution in [-0.4, -0.2) is 36.6 Å². The Morgan fingerprint density at radius 2 is 1.38 bits per heavy atom. The minimum Gasteiger partial charge on any atom is -0.394 e. The molecule has 0 saturated heterocycles. The van der Waals surface area contributed by atoms with Crippen LogP contribution < -0.4 is 0 Å². The second-order valence-corrected chi connectivity index (χ2v) is 2.88. The lowest BCUT2D eigenvalue weighted by Gasteiger charge is -1.86. The number of hydrogen-bond acceptors (Lipinski definition) is 3. The highest BCUT2D eigenvalue weighted by Gasteiger charge is 1.72. The van der Waals surface area contributed by atoms with Gasteiger partial charge in [-0.15, -0.1) is 0 Å². The summed E-state index contributed by atoms with van der Waals surface area (Å²) in [5, 5.41) is 15.2. The molecule has 0 aliphatic heterocycles. The highest BCUT2D eigenvalue weighted by atomic mass is 16.5. The Balaban J connectivity index is 0. The van der Waals surface area contributed by atoms with Crippen molar-refractivity contribution >= 4 is 0 Å². The summed E-state index contributed by atoms with van der Waals surface area (Å²) in [5.74, 6) is 0. The summed E-state index contributed by atoms with van der Waals surface area (Å²) in [4.78, 5) is 0. The van der Waals surface area contributed by atoms with E-state index < -0.39 is 0 Å². The number of ether oxygens (including phenoxy) is 1. The molecule has 16 heavy (non-hydrogen) atoms. The average Bonchev–Trinajstić information content (AvgIpc) is 2.32. The third-order valence-corrected chi connectivity index (χ3v) is 1.45. The molecule has 0 aromatic heterocycles. The smallest absolute Gasteiger partial charge is 0.0662 e. The van der Waals surface area contributed by atoms with Crippen LogP contribution in [0.25, 0.3) is 0 Å². The van der Waals surface area contributed by atoms with Crippen molar-refractivity contribution in [1.82, 2.24) is 0 Å². The molecule has 0 unspecified atom stereocenters. The fourth-order valence-electron chi connectivity index (χ4n) is 0.739. The predicted molar refractivity (Wildman–Crippen MR) is 67.5 cm³/mol. The number of aryl methyl sites for hydroxylation is 1. The first-order valence-electron chi connectivity index (χ1n) is 5.53. The Labute approximate surface area is 98.7 Å². The highest BCUT2D eigenvalue weighted by Crippen LogP contribution is 1.92. The van der Waals surface area contributed by atoms with Gasteiger partial charge in [-0.2, -0.15) is 0 Å². The Bertz CT molecular complexity index is 196. The van der Waals surface area contributed by atoms with E-state index in [9.17, 15) is 0 Å². The number of benzene rings is 1. The normalized spacial score (nSPS) is 8.31. The van der Waals surface area contributed by atoms with Crippen LogP contribution in [0.1, 0.15) is 19.4 Å². The van der Waals surface area contributed by atoms with E-state index in [2.05, 4.69) is 19.1 Å². The van der Waals surface area contributed by atoms with Gasteiger partial charge in [0, 0.05) is 13.2 Å². The fraction of sp³-hybridized carbons (Fsp3) is 0.538. The molecule has 3 heteroatoms. The van der Waals surface area contributed by atoms with Gasteiger partial charge in [0.25, 0.3) is 0 Å². The lowest BCUT2D eigenvalue weighted by molar-refractivity contribution is 0.162. The highest BCUT2D eigenvalue weighted by molar-refractivity contribution is 5.11. The van der Waals surface area contributed by atoms with Gasteiger partial charge in [0.1, 0.15) is 0 Å². The summed E-state index contributed by atoms with van der Waals surface area (Å²) in [7, 11) is 0. The standard InChI is InChI=1S/C7H8.C4H10O.C2H6O2/c1-7-5-3-2-4-6-7;1-3-5-4-2;3-1-2-4/h2-6H,1H3;3-4H2,1-2H3;3-4H,1-2H2. The van der Waals surface area contributed by atoms with Crippen molar-refractivity contribution in [2.24, 2.45) is 0 Å². The largest absolute Gasteiger partial charge is 0.394 e. The molecule has 0 fully saturated rings. The van der Waals surface area contributed by atoms with Gasteiger partial charge >= 0.3 is 0 Å². The average molecular weight is 228 g/mol. The molecule has 0 spiro atoms. The first-order chi connectivity index (χ1) is 7.72. The maximum Gasteiger partial charge on any atom is 0.0662 e. The lowest BCUT2D eigenvalue weighted by Crippen LogP contribution is -1.85. The van der Waals surface area contributed by atoms with E-state index in [1.807, 2.05) is 32.0 Å². The summed E-state index contributed by atoms with van der Waals surface area (Å²) in [5.41, 5.74) is 1.32. The van der Waals surface area contributed by atoms with Gasteiger partial charge in [-0.05, 0) is 20.8 Å². The van der Waals surface area contributed by atoms with Gasteiger partial charge in [-0.1, -0.05) is 35.9 Å². The van der Waals surface area contributed by atoms with Crippen LogP contribution in [0.5, 0.6) is 0 Å². The van der Waals surface area contributed by atoms with Crippen molar-refractivity contribution in [3.63, 3.8) is 0 Å². The van der Waals surface area contributed by atoms with E-state index in [1.54, 1.807) is 0 Å². The minimum absolute atomic E-state index is 0.125. The maximum absolute atomic E-state index is 7.62. The SMILES string of the molecule is CCOCC.Cc1ccccc1.OCCO. The van der Waals surface area contributed by atoms with Crippen LogP contribution in [0.4, 0.5) is 0 Å². The molecule has 94 valence electrons.